The van der Waals surface area contributed by atoms with Crippen molar-refractivity contribution in [1.29, 1.82) is 0 Å². The van der Waals surface area contributed by atoms with Crippen LogP contribution in [-0.2, 0) is 0 Å². The summed E-state index contributed by atoms with van der Waals surface area (Å²) < 4.78 is 44.9. The van der Waals surface area contributed by atoms with Gasteiger partial charge in [-0.05, 0) is 50.2 Å². The van der Waals surface area contributed by atoms with E-state index in [0.717, 1.165) is 45.1 Å². The molecule has 0 spiro atoms. The predicted molar refractivity (Wildman–Crippen MR) is 164 cm³/mol. The van der Waals surface area contributed by atoms with Gasteiger partial charge >= 0.3 is 6.36 Å². The summed E-state index contributed by atoms with van der Waals surface area (Å²) in [5.41, 5.74) is 1.54. The summed E-state index contributed by atoms with van der Waals surface area (Å²) in [5.74, 6) is -0.814. The number of hydrogen-bond acceptors (Lipinski definition) is 9. The lowest BCUT2D eigenvalue weighted by atomic mass is 10.0. The number of amides is 2. The number of likely N-dealkylation sites (N-methyl/N-ethyl adjacent to an activating group) is 1. The largest absolute Gasteiger partial charge is 0.573 e. The highest BCUT2D eigenvalue weighted by Crippen LogP contribution is 2.39. The number of alkyl halides is 3. The first-order valence-electron chi connectivity index (χ1n) is 14.8. The van der Waals surface area contributed by atoms with Gasteiger partial charge in [0.1, 0.15) is 5.69 Å². The van der Waals surface area contributed by atoms with Gasteiger partial charge in [-0.25, -0.2) is 4.98 Å². The summed E-state index contributed by atoms with van der Waals surface area (Å²) in [7, 11) is 5.46. The van der Waals surface area contributed by atoms with Crippen molar-refractivity contribution in [2.75, 3.05) is 75.5 Å². The Kier molecular flexibility index (Phi) is 8.27. The van der Waals surface area contributed by atoms with E-state index in [1.807, 2.05) is 0 Å². The van der Waals surface area contributed by atoms with Crippen molar-refractivity contribution in [2.45, 2.75) is 25.2 Å². The number of aromatic nitrogens is 2. The number of carbonyl (C=O) groups is 2. The van der Waals surface area contributed by atoms with E-state index >= 15 is 0 Å². The lowest BCUT2D eigenvalue weighted by molar-refractivity contribution is -0.274. The number of rotatable bonds is 5. The van der Waals surface area contributed by atoms with Crippen molar-refractivity contribution in [3.63, 3.8) is 0 Å². The molecule has 2 fully saturated rings. The normalized spacial score (nSPS) is 18.4. The fourth-order valence-electron chi connectivity index (χ4n) is 6.15. The predicted octanol–water partition coefficient (Wildman–Crippen LogP) is 4.33. The number of para-hydroxylation sites is 1. The molecule has 3 aliphatic rings. The molecule has 2 saturated heterocycles. The van der Waals surface area contributed by atoms with E-state index in [-0.39, 0.29) is 29.0 Å². The molecule has 14 heteroatoms. The van der Waals surface area contributed by atoms with Crippen LogP contribution in [0, 0.1) is 0 Å². The van der Waals surface area contributed by atoms with Crippen molar-refractivity contribution in [3.8, 4) is 5.75 Å². The third-order valence-corrected chi connectivity index (χ3v) is 8.74. The Morgan fingerprint density at radius 3 is 2.36 bits per heavy atom. The molecule has 3 aromatic rings. The average Bonchev–Trinajstić information content (AvgIpc) is 3.10. The summed E-state index contributed by atoms with van der Waals surface area (Å²) in [4.78, 5) is 44.9. The quantitative estimate of drug-likeness (QED) is 0.445. The molecular formula is C31H35F3N8O3. The molecule has 1 aromatic heterocycles. The Labute approximate surface area is 259 Å². The van der Waals surface area contributed by atoms with Crippen LogP contribution in [0.2, 0.25) is 0 Å². The third kappa shape index (κ3) is 6.38. The first-order chi connectivity index (χ1) is 21.5. The van der Waals surface area contributed by atoms with Gasteiger partial charge in [-0.1, -0.05) is 12.1 Å². The van der Waals surface area contributed by atoms with Gasteiger partial charge in [0.05, 0.1) is 23.1 Å². The second-order valence-electron chi connectivity index (χ2n) is 11.6. The lowest BCUT2D eigenvalue weighted by Gasteiger charge is -2.42. The van der Waals surface area contributed by atoms with Crippen molar-refractivity contribution >= 4 is 40.6 Å². The van der Waals surface area contributed by atoms with Crippen LogP contribution in [0.3, 0.4) is 0 Å². The van der Waals surface area contributed by atoms with Gasteiger partial charge in [-0.2, -0.15) is 4.98 Å². The van der Waals surface area contributed by atoms with Crippen LogP contribution < -0.4 is 19.9 Å². The highest BCUT2D eigenvalue weighted by Gasteiger charge is 2.34. The summed E-state index contributed by atoms with van der Waals surface area (Å²) in [5, 5.41) is 2.82. The van der Waals surface area contributed by atoms with Crippen molar-refractivity contribution in [2.24, 2.45) is 0 Å². The van der Waals surface area contributed by atoms with Crippen molar-refractivity contribution in [1.82, 2.24) is 24.7 Å². The number of carbonyl (C=O) groups excluding carboxylic acids is 2. The van der Waals surface area contributed by atoms with E-state index in [1.165, 1.54) is 23.2 Å². The Bertz CT molecular complexity index is 1590. The minimum Gasteiger partial charge on any atom is -0.404 e. The van der Waals surface area contributed by atoms with Crippen molar-refractivity contribution < 1.29 is 27.5 Å². The average molecular weight is 625 g/mol. The topological polar surface area (TPSA) is 97.4 Å². The van der Waals surface area contributed by atoms with Gasteiger partial charge in [0.2, 0.25) is 5.95 Å². The molecule has 1 N–H and O–H groups in total. The number of piperazine rings is 1. The SMILES string of the molecule is CN1CCN(C2CCN(C(=O)c3ccc(Nc4ncc5c(n4)N(C)c4ccccc4C(=O)N5C)c(OC(F)(F)F)c3)CC2)CC1. The number of nitrogens with zero attached hydrogens (tertiary/aromatic N) is 7. The number of fused-ring (bicyclic) bond motifs is 2. The van der Waals surface area contributed by atoms with Crippen LogP contribution in [0.25, 0.3) is 0 Å². The summed E-state index contributed by atoms with van der Waals surface area (Å²) in [6, 6.07) is 11.4. The molecular weight excluding hydrogens is 589 g/mol. The zero-order chi connectivity index (χ0) is 31.9. The van der Waals surface area contributed by atoms with E-state index in [1.54, 1.807) is 48.2 Å². The van der Waals surface area contributed by atoms with Crippen LogP contribution >= 0.6 is 0 Å². The Morgan fingerprint density at radius 1 is 0.933 bits per heavy atom. The number of benzene rings is 2. The summed E-state index contributed by atoms with van der Waals surface area (Å²) in [6.07, 6.45) is -1.94. The summed E-state index contributed by atoms with van der Waals surface area (Å²) >= 11 is 0. The molecule has 0 saturated carbocycles. The molecule has 45 heavy (non-hydrogen) atoms. The van der Waals surface area contributed by atoms with E-state index in [4.69, 9.17) is 0 Å². The summed E-state index contributed by atoms with van der Waals surface area (Å²) in [6.45, 7) is 5.07. The monoisotopic (exact) mass is 624 g/mol. The molecule has 6 rings (SSSR count). The van der Waals surface area contributed by atoms with Crippen molar-refractivity contribution in [3.05, 3.63) is 59.8 Å². The van der Waals surface area contributed by atoms with Gasteiger partial charge in [-0.3, -0.25) is 14.5 Å². The maximum absolute atomic E-state index is 13.5. The Morgan fingerprint density at radius 2 is 1.64 bits per heavy atom. The van der Waals surface area contributed by atoms with Gasteiger partial charge in [0, 0.05) is 65.0 Å². The standard InChI is InChI=1S/C31H35F3N8O3/c1-38-14-16-41(17-15-38)21-10-12-42(13-11-21)28(43)20-8-9-23(26(18-20)45-31(32,33)34)36-30-35-19-25-27(37-30)39(2)24-7-5-4-6-22(24)29(44)40(25)3/h4-9,18-19,21H,10-17H2,1-3H3,(H,35,36,37). The Balaban J connectivity index is 1.22. The van der Waals surface area contributed by atoms with Gasteiger partial charge in [-0.15, -0.1) is 13.2 Å². The minimum absolute atomic E-state index is 0.0158. The van der Waals surface area contributed by atoms with Crippen LogP contribution in [0.1, 0.15) is 33.6 Å². The van der Waals surface area contributed by atoms with Gasteiger partial charge in [0.25, 0.3) is 11.8 Å². The number of ether oxygens (including phenoxy) is 1. The number of halogens is 3. The molecule has 2 aromatic carbocycles. The number of anilines is 5. The molecule has 0 bridgehead atoms. The first kappa shape index (κ1) is 30.6. The minimum atomic E-state index is -5.00. The molecule has 0 aliphatic carbocycles. The number of likely N-dealkylation sites (tertiary alicyclic amines) is 1. The van der Waals surface area contributed by atoms with Gasteiger partial charge < -0.3 is 29.7 Å². The van der Waals surface area contributed by atoms with Gasteiger partial charge in [0.15, 0.2) is 11.6 Å². The molecule has 0 unspecified atom stereocenters. The van der Waals surface area contributed by atoms with Crippen LogP contribution in [0.4, 0.5) is 42.0 Å². The highest BCUT2D eigenvalue weighted by molar-refractivity contribution is 6.13. The van der Waals surface area contributed by atoms with E-state index < -0.39 is 12.1 Å². The molecule has 3 aliphatic heterocycles. The molecule has 0 atom stereocenters. The fourth-order valence-corrected chi connectivity index (χ4v) is 6.15. The number of hydrogen-bond donors (Lipinski definition) is 1. The number of piperidine rings is 1. The second-order valence-corrected chi connectivity index (χ2v) is 11.6. The van der Waals surface area contributed by atoms with E-state index in [9.17, 15) is 22.8 Å². The zero-order valence-corrected chi connectivity index (χ0v) is 25.3. The molecule has 11 nitrogen and oxygen atoms in total. The zero-order valence-electron chi connectivity index (χ0n) is 25.3. The molecule has 2 amide bonds. The molecule has 238 valence electrons. The van der Waals surface area contributed by atoms with E-state index in [0.29, 0.717) is 41.9 Å². The third-order valence-electron chi connectivity index (χ3n) is 8.74. The Hall–Kier alpha value is -4.43. The number of nitrogens with one attached hydrogen (secondary N) is 1. The highest BCUT2D eigenvalue weighted by atomic mass is 19.4. The van der Waals surface area contributed by atoms with Crippen LogP contribution in [0.5, 0.6) is 5.75 Å². The lowest BCUT2D eigenvalue weighted by Crippen LogP contribution is -2.52. The molecule has 4 heterocycles. The van der Waals surface area contributed by atoms with Crippen LogP contribution in [-0.4, -0.2) is 109 Å². The van der Waals surface area contributed by atoms with Crippen LogP contribution in [0.15, 0.2) is 48.7 Å². The smallest absolute Gasteiger partial charge is 0.404 e. The van der Waals surface area contributed by atoms with E-state index in [2.05, 4.69) is 36.9 Å². The maximum Gasteiger partial charge on any atom is 0.573 e. The first-order valence-corrected chi connectivity index (χ1v) is 14.8. The maximum atomic E-state index is 13.5. The fraction of sp³-hybridized carbons (Fsp3) is 0.419. The molecule has 0 radical (unpaired) electrons. The second kappa shape index (κ2) is 12.2.